The number of aliphatic hydroxyl groups excluding tert-OH is 3. The van der Waals surface area contributed by atoms with Gasteiger partial charge in [0.15, 0.2) is 35.0 Å². The van der Waals surface area contributed by atoms with Crippen molar-refractivity contribution in [3.63, 3.8) is 0 Å². The van der Waals surface area contributed by atoms with Crippen LogP contribution in [0.2, 0.25) is 0 Å². The van der Waals surface area contributed by atoms with Crippen molar-refractivity contribution in [2.45, 2.75) is 40.0 Å². The van der Waals surface area contributed by atoms with Crippen LogP contribution in [0.4, 0.5) is 0 Å². The van der Waals surface area contributed by atoms with Crippen molar-refractivity contribution in [2.24, 2.45) is 0 Å². The first-order chi connectivity index (χ1) is 14.1. The molecule has 0 bridgehead atoms. The second kappa shape index (κ2) is 14.5. The monoisotopic (exact) mass is 479 g/mol. The zero-order valence-electron chi connectivity index (χ0n) is 18.4. The molecular formula is C21H33FeN3O6. The van der Waals surface area contributed by atoms with Crippen molar-refractivity contribution in [2.75, 3.05) is 39.3 Å². The predicted molar refractivity (Wildman–Crippen MR) is 113 cm³/mol. The quantitative estimate of drug-likeness (QED) is 0.299. The molecule has 3 rings (SSSR count). The van der Waals surface area contributed by atoms with E-state index < -0.39 is 0 Å². The summed E-state index contributed by atoms with van der Waals surface area (Å²) in [4.78, 5) is 36.6. The van der Waals surface area contributed by atoms with E-state index in [1.165, 1.54) is 39.0 Å². The molecular weight excluding hydrogens is 446 g/mol. The normalized spacial score (nSPS) is 17.9. The molecule has 0 saturated carbocycles. The number of nitrogens with zero attached hydrogens (tertiary/aromatic N) is 3. The first-order valence-corrected chi connectivity index (χ1v) is 10.1. The molecule has 9 nitrogen and oxygen atoms in total. The third-order valence-corrected chi connectivity index (χ3v) is 4.54. The van der Waals surface area contributed by atoms with E-state index in [1.807, 2.05) is 0 Å². The summed E-state index contributed by atoms with van der Waals surface area (Å²) in [6, 6.07) is 0. The Kier molecular flexibility index (Phi) is 13.4. The second-order valence-corrected chi connectivity index (χ2v) is 7.36. The number of hydrogen-bond acceptors (Lipinski definition) is 9. The number of ketones is 3. The van der Waals surface area contributed by atoms with E-state index in [2.05, 4.69) is 0 Å². The third-order valence-electron chi connectivity index (χ3n) is 4.54. The van der Waals surface area contributed by atoms with Gasteiger partial charge in [0.05, 0.1) is 0 Å². The molecule has 3 aliphatic rings. The van der Waals surface area contributed by atoms with E-state index in [0.717, 1.165) is 58.5 Å². The number of allylic oxidation sites excluding steroid dienone is 3. The summed E-state index contributed by atoms with van der Waals surface area (Å²) < 4.78 is 0. The SMILES string of the molecule is CC(=O)C=C(O)N1CCC1.CC(=O)C=C(O)N1CCC1.CC(=O)C=C(O)N1CCC1.[Fe]. The summed E-state index contributed by atoms with van der Waals surface area (Å²) in [6.45, 7) is 9.50. The van der Waals surface area contributed by atoms with Crippen LogP contribution in [0.25, 0.3) is 0 Å². The van der Waals surface area contributed by atoms with Gasteiger partial charge in [0.25, 0.3) is 0 Å². The van der Waals surface area contributed by atoms with Gasteiger partial charge in [-0.3, -0.25) is 14.4 Å². The Morgan fingerprint density at radius 2 is 0.742 bits per heavy atom. The second-order valence-electron chi connectivity index (χ2n) is 7.36. The van der Waals surface area contributed by atoms with E-state index in [4.69, 9.17) is 15.3 Å². The van der Waals surface area contributed by atoms with Crippen LogP contribution in [0.3, 0.4) is 0 Å². The first-order valence-electron chi connectivity index (χ1n) is 10.1. The Morgan fingerprint density at radius 3 is 0.839 bits per heavy atom. The van der Waals surface area contributed by atoms with E-state index in [0.29, 0.717) is 0 Å². The van der Waals surface area contributed by atoms with Crippen molar-refractivity contribution in [1.29, 1.82) is 0 Å². The van der Waals surface area contributed by atoms with Gasteiger partial charge in [-0.2, -0.15) is 0 Å². The molecule has 31 heavy (non-hydrogen) atoms. The standard InChI is InChI=1S/3C7H11NO2.Fe/c3*1-6(9)5-7(10)8-3-2-4-8;/h3*5,10H,2-4H2,1H3;. The molecule has 0 aromatic heterocycles. The van der Waals surface area contributed by atoms with Gasteiger partial charge < -0.3 is 30.0 Å². The average molecular weight is 479 g/mol. The van der Waals surface area contributed by atoms with Gasteiger partial charge >= 0.3 is 0 Å². The summed E-state index contributed by atoms with van der Waals surface area (Å²) in [5.41, 5.74) is 0. The maximum atomic E-state index is 10.4. The average Bonchev–Trinajstić information content (AvgIpc) is 2.39. The number of carbonyl (C=O) groups is 3. The van der Waals surface area contributed by atoms with Crippen LogP contribution >= 0.6 is 0 Å². The number of aliphatic hydroxyl groups is 3. The Morgan fingerprint density at radius 1 is 0.548 bits per heavy atom. The molecule has 0 aromatic rings. The summed E-state index contributed by atoms with van der Waals surface area (Å²) in [5.74, 6) is 0.00875. The first kappa shape index (κ1) is 28.5. The maximum absolute atomic E-state index is 10.4. The van der Waals surface area contributed by atoms with Gasteiger partial charge in [0.1, 0.15) is 0 Å². The van der Waals surface area contributed by atoms with E-state index in [9.17, 15) is 14.4 Å². The summed E-state index contributed by atoms with van der Waals surface area (Å²) in [6.07, 6.45) is 7.07. The molecule has 3 saturated heterocycles. The van der Waals surface area contributed by atoms with Gasteiger partial charge in [-0.15, -0.1) is 0 Å². The van der Waals surface area contributed by atoms with Crippen molar-refractivity contribution in [1.82, 2.24) is 14.7 Å². The Labute approximate surface area is 194 Å². The molecule has 3 N–H and O–H groups in total. The molecule has 3 aliphatic heterocycles. The van der Waals surface area contributed by atoms with Crippen LogP contribution in [0.1, 0.15) is 40.0 Å². The number of carbonyl (C=O) groups excluding carboxylic acids is 3. The molecule has 10 heteroatoms. The molecule has 0 radical (unpaired) electrons. The molecule has 0 amide bonds. The van der Waals surface area contributed by atoms with Crippen molar-refractivity contribution < 1.29 is 46.8 Å². The topological polar surface area (TPSA) is 122 Å². The van der Waals surface area contributed by atoms with Gasteiger partial charge in [-0.1, -0.05) is 0 Å². The predicted octanol–water partition coefficient (Wildman–Crippen LogP) is 2.04. The van der Waals surface area contributed by atoms with E-state index >= 15 is 0 Å². The van der Waals surface area contributed by atoms with Crippen molar-refractivity contribution >= 4 is 17.3 Å². The molecule has 3 heterocycles. The molecule has 0 atom stereocenters. The molecule has 3 fully saturated rings. The zero-order chi connectivity index (χ0) is 22.7. The largest absolute Gasteiger partial charge is 0.495 e. The zero-order valence-corrected chi connectivity index (χ0v) is 19.5. The van der Waals surface area contributed by atoms with Gasteiger partial charge in [-0.25, -0.2) is 0 Å². The Bertz CT molecular complexity index is 613. The Balaban J connectivity index is 0.000000429. The summed E-state index contributed by atoms with van der Waals surface area (Å²) >= 11 is 0. The third kappa shape index (κ3) is 11.5. The van der Waals surface area contributed by atoms with Crippen molar-refractivity contribution in [3.8, 4) is 0 Å². The number of hydrogen-bond donors (Lipinski definition) is 3. The molecule has 0 aromatic carbocycles. The Hall–Kier alpha value is -2.45. The smallest absolute Gasteiger partial charge is 0.190 e. The molecule has 0 unspecified atom stereocenters. The van der Waals surface area contributed by atoms with Crippen molar-refractivity contribution in [3.05, 3.63) is 35.9 Å². The maximum Gasteiger partial charge on any atom is 0.190 e. The fourth-order valence-corrected chi connectivity index (χ4v) is 2.46. The fourth-order valence-electron chi connectivity index (χ4n) is 2.46. The van der Waals surface area contributed by atoms with Crippen LogP contribution in [-0.4, -0.2) is 86.6 Å². The fraction of sp³-hybridized carbons (Fsp3) is 0.571. The van der Waals surface area contributed by atoms with Crippen LogP contribution in [0.5, 0.6) is 0 Å². The minimum absolute atomic E-state index is 0. The molecule has 176 valence electrons. The summed E-state index contributed by atoms with van der Waals surface area (Å²) in [5, 5.41) is 27.3. The van der Waals surface area contributed by atoms with Crippen LogP contribution in [0, 0.1) is 0 Å². The van der Waals surface area contributed by atoms with Crippen LogP contribution in [0.15, 0.2) is 35.9 Å². The number of likely N-dealkylation sites (tertiary alicyclic amines) is 3. The van der Waals surface area contributed by atoms with E-state index in [1.54, 1.807) is 14.7 Å². The molecule has 0 spiro atoms. The number of rotatable bonds is 6. The summed E-state index contributed by atoms with van der Waals surface area (Å²) in [7, 11) is 0. The van der Waals surface area contributed by atoms with Crippen LogP contribution in [-0.2, 0) is 31.5 Å². The van der Waals surface area contributed by atoms with Gasteiger partial charge in [0, 0.05) is 74.6 Å². The van der Waals surface area contributed by atoms with E-state index in [-0.39, 0.29) is 52.1 Å². The molecule has 0 aliphatic carbocycles. The van der Waals surface area contributed by atoms with Gasteiger partial charge in [-0.05, 0) is 40.0 Å². The minimum Gasteiger partial charge on any atom is -0.495 e. The van der Waals surface area contributed by atoms with Gasteiger partial charge in [0.2, 0.25) is 0 Å². The van der Waals surface area contributed by atoms with Crippen LogP contribution < -0.4 is 0 Å². The minimum atomic E-state index is -0.107.